The number of nitrogens with one attached hydrogen (secondary N) is 1. The number of rotatable bonds is 21. The van der Waals surface area contributed by atoms with E-state index in [2.05, 4.69) is 36.9 Å². The zero-order chi connectivity index (χ0) is 46.7. The topological polar surface area (TPSA) is 277 Å². The molecule has 0 bridgehead atoms. The number of anilines is 1. The lowest BCUT2D eigenvalue weighted by Gasteiger charge is -2.21. The number of hydrogen-bond acceptors (Lipinski definition) is 17. The van der Waals surface area contributed by atoms with E-state index < -0.39 is 52.2 Å². The molecule has 4 N–H and O–H groups in total. The molecule has 2 aromatic heterocycles. The van der Waals surface area contributed by atoms with Gasteiger partial charge in [0.05, 0.1) is 24.9 Å². The largest absolute Gasteiger partial charge is 0.497 e. The van der Waals surface area contributed by atoms with Crippen molar-refractivity contribution in [2.24, 2.45) is 16.1 Å². The van der Waals surface area contributed by atoms with Crippen molar-refractivity contribution in [3.05, 3.63) is 89.8 Å². The summed E-state index contributed by atoms with van der Waals surface area (Å²) in [5, 5.41) is 7.81. The van der Waals surface area contributed by atoms with Gasteiger partial charge in [-0.25, -0.2) is 19.2 Å². The molecule has 4 rings (SSSR count). The van der Waals surface area contributed by atoms with Crippen molar-refractivity contribution in [1.82, 2.24) is 24.7 Å². The fourth-order valence-corrected chi connectivity index (χ4v) is 5.51. The van der Waals surface area contributed by atoms with Crippen LogP contribution in [0.5, 0.6) is 17.5 Å². The third kappa shape index (κ3) is 16.6. The highest BCUT2D eigenvalue weighted by atomic mass is 32.2. The molecule has 2 aromatic carbocycles. The monoisotopic (exact) mass is 902 g/mol. The van der Waals surface area contributed by atoms with E-state index >= 15 is 4.39 Å². The van der Waals surface area contributed by atoms with Crippen LogP contribution < -0.4 is 25.3 Å². The van der Waals surface area contributed by atoms with Gasteiger partial charge in [0.15, 0.2) is 17.4 Å². The van der Waals surface area contributed by atoms with Crippen LogP contribution in [-0.4, -0.2) is 115 Å². The lowest BCUT2D eigenvalue weighted by Crippen LogP contribution is -2.32. The fraction of sp³-hybridized carbons (Fsp3) is 0.400. The highest BCUT2D eigenvalue weighted by Crippen LogP contribution is 2.36. The fourth-order valence-electron chi connectivity index (χ4n) is 5.00. The summed E-state index contributed by atoms with van der Waals surface area (Å²) in [7, 11) is -0.819. The maximum absolute atomic E-state index is 16.5. The molecular formula is C40H51FN8O13S. The Labute approximate surface area is 363 Å². The number of halogens is 1. The number of nitrogens with two attached hydrogens (primary N) is 1. The molecule has 342 valence electrons. The first-order valence-electron chi connectivity index (χ1n) is 18.9. The zero-order valence-corrected chi connectivity index (χ0v) is 36.6. The van der Waals surface area contributed by atoms with Crippen LogP contribution in [0.1, 0.15) is 64.0 Å². The maximum atomic E-state index is 16.5. The van der Waals surface area contributed by atoms with Crippen molar-refractivity contribution in [3.8, 4) is 23.5 Å². The van der Waals surface area contributed by atoms with Gasteiger partial charge in [-0.1, -0.05) is 13.5 Å². The van der Waals surface area contributed by atoms with Crippen LogP contribution in [0.15, 0.2) is 72.0 Å². The molecule has 0 radical (unpaired) electrons. The molecule has 0 spiro atoms. The van der Waals surface area contributed by atoms with Gasteiger partial charge in [0.1, 0.15) is 37.4 Å². The van der Waals surface area contributed by atoms with E-state index in [-0.39, 0.29) is 72.9 Å². The normalized spacial score (nSPS) is 11.9. The first kappa shape index (κ1) is 50.6. The summed E-state index contributed by atoms with van der Waals surface area (Å²) < 4.78 is 82.5. The third-order valence-corrected chi connectivity index (χ3v) is 8.79. The Morgan fingerprint density at radius 3 is 2.29 bits per heavy atom. The molecule has 0 fully saturated rings. The van der Waals surface area contributed by atoms with Crippen LogP contribution in [0, 0.1) is 11.2 Å². The van der Waals surface area contributed by atoms with Crippen molar-refractivity contribution in [3.63, 3.8) is 0 Å². The van der Waals surface area contributed by atoms with E-state index in [0.717, 1.165) is 4.68 Å². The standard InChI is InChI=1S/C37H43FN8O10.C3H8O3S/c1-22(2)19-54-36(49)43-31(39)24-9-11-25(12-10-24)42-30(27-17-26(51-7)18-28(29(27)38)53-16-15-52-23(3)47)32-44-35(46(45-32)34-40-13-8-14-41-34)56-21-55-33(48)37(4,5)20-50-6;1-2-3-7(4,5)6/h8-14,17-18,30,42H,1,15-16,19-21H2,2-7H3,(H2,39,43,49);2-3H2,1H3,(H,4,5,6)/t30-;/m1./s1. The Hall–Kier alpha value is -6.72. The van der Waals surface area contributed by atoms with E-state index in [0.29, 0.717) is 23.2 Å². The number of amides is 1. The van der Waals surface area contributed by atoms with E-state index in [4.69, 9.17) is 43.4 Å². The lowest BCUT2D eigenvalue weighted by molar-refractivity contribution is -0.163. The molecule has 1 amide bonds. The number of esters is 2. The van der Waals surface area contributed by atoms with Crippen molar-refractivity contribution >= 4 is 39.7 Å². The number of amidine groups is 1. The lowest BCUT2D eigenvalue weighted by atomic mass is 9.95. The first-order chi connectivity index (χ1) is 29.8. The molecule has 0 aliphatic heterocycles. The summed E-state index contributed by atoms with van der Waals surface area (Å²) in [4.78, 5) is 52.9. The number of benzene rings is 2. The third-order valence-electron chi connectivity index (χ3n) is 7.87. The molecule has 21 nitrogen and oxygen atoms in total. The van der Waals surface area contributed by atoms with Crippen molar-refractivity contribution in [2.45, 2.75) is 47.1 Å². The Morgan fingerprint density at radius 2 is 1.71 bits per heavy atom. The number of hydrogen-bond donors (Lipinski definition) is 3. The Balaban J connectivity index is 0.00000139. The number of nitrogens with zero attached hydrogens (tertiary/aromatic N) is 6. The van der Waals surface area contributed by atoms with Crippen molar-refractivity contribution in [1.29, 1.82) is 0 Å². The number of carbonyl (C=O) groups is 3. The molecule has 0 aliphatic carbocycles. The number of aromatic nitrogens is 5. The summed E-state index contributed by atoms with van der Waals surface area (Å²) >= 11 is 0. The number of carbonyl (C=O) groups excluding carboxylic acids is 3. The number of aliphatic imine (C=N–C) groups is 1. The quantitative estimate of drug-likeness (QED) is 0.0151. The molecule has 0 saturated carbocycles. The average molecular weight is 903 g/mol. The highest BCUT2D eigenvalue weighted by Gasteiger charge is 2.31. The Bertz CT molecular complexity index is 2310. The number of methoxy groups -OCH3 is 2. The Morgan fingerprint density at radius 1 is 1.03 bits per heavy atom. The van der Waals surface area contributed by atoms with Gasteiger partial charge in [0, 0.05) is 49.3 Å². The number of ether oxygens (including phenoxy) is 7. The second kappa shape index (κ2) is 24.1. The van der Waals surface area contributed by atoms with E-state index in [9.17, 15) is 22.8 Å². The highest BCUT2D eigenvalue weighted by molar-refractivity contribution is 7.85. The Kier molecular flexibility index (Phi) is 19.3. The molecule has 2 heterocycles. The maximum Gasteiger partial charge on any atom is 0.435 e. The summed E-state index contributed by atoms with van der Waals surface area (Å²) in [5.74, 6) is -2.21. The van der Waals surface area contributed by atoms with Crippen LogP contribution in [0.2, 0.25) is 0 Å². The van der Waals surface area contributed by atoms with Gasteiger partial charge >= 0.3 is 24.0 Å². The summed E-state index contributed by atoms with van der Waals surface area (Å²) in [6, 6.07) is 9.30. The van der Waals surface area contributed by atoms with Crippen LogP contribution in [0.25, 0.3) is 5.95 Å². The molecule has 0 aliphatic rings. The van der Waals surface area contributed by atoms with E-state index in [1.54, 1.807) is 58.0 Å². The van der Waals surface area contributed by atoms with Gasteiger partial charge in [-0.05, 0) is 69.2 Å². The van der Waals surface area contributed by atoms with Gasteiger partial charge < -0.3 is 44.2 Å². The molecule has 0 saturated heterocycles. The SMILES string of the molecule is C=C(C)COC(=O)N=C(N)c1ccc(N[C@@H](c2nc(OCOC(=O)C(C)(C)COC)n(-c3ncccn3)n2)c2cc(OC)cc(OCCOC(C)=O)c2F)cc1.CCCS(=O)(=O)O. The van der Waals surface area contributed by atoms with Crippen molar-refractivity contribution in [2.75, 3.05) is 58.5 Å². The van der Waals surface area contributed by atoms with Crippen LogP contribution in [-0.2, 0) is 38.7 Å². The molecule has 63 heavy (non-hydrogen) atoms. The average Bonchev–Trinajstić information content (AvgIpc) is 3.65. The van der Waals surface area contributed by atoms with Crippen LogP contribution in [0.3, 0.4) is 0 Å². The minimum Gasteiger partial charge on any atom is -0.497 e. The minimum absolute atomic E-state index is 0.00962. The molecule has 0 unspecified atom stereocenters. The summed E-state index contributed by atoms with van der Waals surface area (Å²) in [5.41, 5.74) is 6.48. The van der Waals surface area contributed by atoms with Crippen molar-refractivity contribution < 1.29 is 64.9 Å². The second-order valence-electron chi connectivity index (χ2n) is 13.9. The predicted molar refractivity (Wildman–Crippen MR) is 225 cm³/mol. The predicted octanol–water partition coefficient (Wildman–Crippen LogP) is 4.60. The van der Waals surface area contributed by atoms with Crippen LogP contribution >= 0.6 is 0 Å². The summed E-state index contributed by atoms with van der Waals surface area (Å²) in [6.07, 6.45) is 2.52. The van der Waals surface area contributed by atoms with Gasteiger partial charge in [-0.2, -0.15) is 18.4 Å². The first-order valence-corrected chi connectivity index (χ1v) is 20.5. The van der Waals surface area contributed by atoms with Gasteiger partial charge in [0.25, 0.3) is 16.1 Å². The van der Waals surface area contributed by atoms with Gasteiger partial charge in [0.2, 0.25) is 6.79 Å². The second-order valence-corrected chi connectivity index (χ2v) is 15.5. The molecule has 4 aromatic rings. The van der Waals surface area contributed by atoms with E-state index in [1.807, 2.05) is 0 Å². The van der Waals surface area contributed by atoms with E-state index in [1.165, 1.54) is 45.7 Å². The molecule has 1 atom stereocenters. The summed E-state index contributed by atoms with van der Waals surface area (Å²) in [6.45, 7) is 10.8. The zero-order valence-electron chi connectivity index (χ0n) is 35.8. The smallest absolute Gasteiger partial charge is 0.435 e. The van der Waals surface area contributed by atoms with Gasteiger partial charge in [-0.3, -0.25) is 14.1 Å². The molecule has 23 heteroatoms. The minimum atomic E-state index is -3.67. The van der Waals surface area contributed by atoms with Crippen LogP contribution in [0.4, 0.5) is 14.9 Å². The van der Waals surface area contributed by atoms with Gasteiger partial charge in [-0.15, -0.1) is 9.78 Å². The molecular weight excluding hydrogens is 852 g/mol.